The third kappa shape index (κ3) is 6.19. The number of hydrogen-bond donors (Lipinski definition) is 2. The largest absolute Gasteiger partial charge is 0.480 e. The number of nitrogens with one attached hydrogen (secondary N) is 1. The first kappa shape index (κ1) is 16.0. The highest BCUT2D eigenvalue weighted by molar-refractivity contribution is 7.90. The van der Waals surface area contributed by atoms with E-state index < -0.39 is 33.7 Å². The number of carbonyl (C=O) groups excluding carboxylic acids is 1. The molecule has 0 aromatic heterocycles. The Labute approximate surface area is 116 Å². The van der Waals surface area contributed by atoms with Gasteiger partial charge in [-0.2, -0.15) is 0 Å². The molecule has 1 aromatic carbocycles. The number of benzene rings is 1. The van der Waals surface area contributed by atoms with Crippen molar-refractivity contribution in [2.24, 2.45) is 0 Å². The summed E-state index contributed by atoms with van der Waals surface area (Å²) < 4.78 is 26.9. The Hall–Kier alpha value is -2.09. The van der Waals surface area contributed by atoms with Crippen molar-refractivity contribution in [1.82, 2.24) is 5.32 Å². The van der Waals surface area contributed by atoms with Crippen LogP contribution in [0.25, 0.3) is 0 Å². The van der Waals surface area contributed by atoms with E-state index in [1.54, 1.807) is 30.3 Å². The highest BCUT2D eigenvalue weighted by Crippen LogP contribution is 2.01. The number of alkyl carbamates (subject to hydrolysis) is 1. The van der Waals surface area contributed by atoms with E-state index in [-0.39, 0.29) is 6.61 Å². The molecule has 8 heteroatoms. The zero-order valence-corrected chi connectivity index (χ0v) is 11.6. The third-order valence-corrected chi connectivity index (χ3v) is 3.21. The second-order valence-corrected chi connectivity index (χ2v) is 6.37. The van der Waals surface area contributed by atoms with Crippen molar-refractivity contribution < 1.29 is 27.9 Å². The third-order valence-electron chi connectivity index (χ3n) is 2.27. The van der Waals surface area contributed by atoms with Gasteiger partial charge in [0, 0.05) is 6.26 Å². The Morgan fingerprint density at radius 3 is 2.40 bits per heavy atom. The molecule has 0 fully saturated rings. The number of aliphatic carboxylic acids is 1. The predicted molar refractivity (Wildman–Crippen MR) is 70.9 cm³/mol. The number of amides is 1. The average molecular weight is 301 g/mol. The lowest BCUT2D eigenvalue weighted by atomic mass is 10.2. The minimum absolute atomic E-state index is 0.0299. The van der Waals surface area contributed by atoms with Gasteiger partial charge in [0.1, 0.15) is 22.5 Å². The molecule has 0 heterocycles. The first-order valence-electron chi connectivity index (χ1n) is 5.65. The van der Waals surface area contributed by atoms with Gasteiger partial charge in [0.05, 0.1) is 5.75 Å². The van der Waals surface area contributed by atoms with E-state index in [1.165, 1.54) is 0 Å². The highest BCUT2D eigenvalue weighted by atomic mass is 32.2. The van der Waals surface area contributed by atoms with E-state index in [9.17, 15) is 18.0 Å². The standard InChI is InChI=1S/C12H15NO6S/c1-20(17,18)8-10(11(14)15)13-12(16)19-7-9-5-3-2-4-6-9/h2-6,10H,7-8H2,1H3,(H,13,16)(H,14,15). The smallest absolute Gasteiger partial charge is 0.408 e. The van der Waals surface area contributed by atoms with E-state index in [0.29, 0.717) is 0 Å². The molecular weight excluding hydrogens is 286 g/mol. The summed E-state index contributed by atoms with van der Waals surface area (Å²) in [5.41, 5.74) is 0.734. The molecule has 0 radical (unpaired) electrons. The number of rotatable bonds is 6. The summed E-state index contributed by atoms with van der Waals surface area (Å²) in [4.78, 5) is 22.3. The number of hydrogen-bond acceptors (Lipinski definition) is 5. The van der Waals surface area contributed by atoms with Crippen LogP contribution in [0.15, 0.2) is 30.3 Å². The van der Waals surface area contributed by atoms with E-state index >= 15 is 0 Å². The topological polar surface area (TPSA) is 110 Å². The summed E-state index contributed by atoms with van der Waals surface area (Å²) in [6.07, 6.45) is -0.0928. The normalized spacial score (nSPS) is 12.4. The van der Waals surface area contributed by atoms with Gasteiger partial charge in [0.15, 0.2) is 0 Å². The van der Waals surface area contributed by atoms with Gasteiger partial charge in [-0.3, -0.25) is 0 Å². The molecule has 1 atom stereocenters. The Kier molecular flexibility index (Phi) is 5.51. The quantitative estimate of drug-likeness (QED) is 0.787. The molecule has 7 nitrogen and oxygen atoms in total. The molecule has 0 aliphatic carbocycles. The van der Waals surface area contributed by atoms with Gasteiger partial charge in [-0.25, -0.2) is 18.0 Å². The lowest BCUT2D eigenvalue weighted by molar-refractivity contribution is -0.138. The van der Waals surface area contributed by atoms with Crippen molar-refractivity contribution in [3.63, 3.8) is 0 Å². The summed E-state index contributed by atoms with van der Waals surface area (Å²) in [5, 5.41) is 10.8. The van der Waals surface area contributed by atoms with Gasteiger partial charge < -0.3 is 15.2 Å². The number of carboxylic acids is 1. The van der Waals surface area contributed by atoms with Crippen LogP contribution in [0.1, 0.15) is 5.56 Å². The van der Waals surface area contributed by atoms with Crippen molar-refractivity contribution in [2.75, 3.05) is 12.0 Å². The lowest BCUT2D eigenvalue weighted by Gasteiger charge is -2.13. The molecule has 1 rings (SSSR count). The van der Waals surface area contributed by atoms with E-state index in [2.05, 4.69) is 0 Å². The molecule has 0 saturated heterocycles. The van der Waals surface area contributed by atoms with E-state index in [0.717, 1.165) is 11.8 Å². The Morgan fingerprint density at radius 2 is 1.90 bits per heavy atom. The van der Waals surface area contributed by atoms with Crippen LogP contribution in [0.4, 0.5) is 4.79 Å². The Balaban J connectivity index is 2.52. The van der Waals surface area contributed by atoms with Crippen LogP contribution in [0.2, 0.25) is 0 Å². The Morgan fingerprint density at radius 1 is 1.30 bits per heavy atom. The minimum Gasteiger partial charge on any atom is -0.480 e. The van der Waals surface area contributed by atoms with Crippen molar-refractivity contribution in [1.29, 1.82) is 0 Å². The molecule has 0 aliphatic heterocycles. The molecule has 0 aliphatic rings. The molecule has 0 saturated carbocycles. The second-order valence-electron chi connectivity index (χ2n) is 4.19. The fourth-order valence-electron chi connectivity index (χ4n) is 1.38. The van der Waals surface area contributed by atoms with Crippen LogP contribution in [0.3, 0.4) is 0 Å². The Bertz CT molecular complexity index is 569. The predicted octanol–water partition coefficient (Wildman–Crippen LogP) is 0.411. The number of carbonyl (C=O) groups is 2. The van der Waals surface area contributed by atoms with Gasteiger partial charge in [0.2, 0.25) is 0 Å². The maximum atomic E-state index is 11.4. The summed E-state index contributed by atoms with van der Waals surface area (Å²) in [5.74, 6) is -2.13. The van der Waals surface area contributed by atoms with Crippen molar-refractivity contribution >= 4 is 21.9 Å². The SMILES string of the molecule is CS(=O)(=O)CC(NC(=O)OCc1ccccc1)C(=O)O. The van der Waals surface area contributed by atoms with Gasteiger partial charge in [-0.1, -0.05) is 30.3 Å². The first-order chi connectivity index (χ1) is 9.28. The van der Waals surface area contributed by atoms with Gasteiger partial charge in [-0.05, 0) is 5.56 Å². The van der Waals surface area contributed by atoms with Crippen LogP contribution in [-0.4, -0.2) is 43.6 Å². The van der Waals surface area contributed by atoms with Crippen LogP contribution in [-0.2, 0) is 26.0 Å². The van der Waals surface area contributed by atoms with Crippen molar-refractivity contribution in [2.45, 2.75) is 12.6 Å². The maximum absolute atomic E-state index is 11.4. The van der Waals surface area contributed by atoms with Crippen LogP contribution < -0.4 is 5.32 Å². The summed E-state index contributed by atoms with van der Waals surface area (Å²) in [6.45, 7) is -0.0299. The fourth-order valence-corrected chi connectivity index (χ4v) is 2.22. The zero-order chi connectivity index (χ0) is 15.2. The van der Waals surface area contributed by atoms with Gasteiger partial charge in [0.25, 0.3) is 0 Å². The molecule has 1 unspecified atom stereocenters. The van der Waals surface area contributed by atoms with E-state index in [1.807, 2.05) is 5.32 Å². The molecule has 2 N–H and O–H groups in total. The minimum atomic E-state index is -3.53. The number of ether oxygens (including phenoxy) is 1. The number of carboxylic acid groups (broad SMARTS) is 1. The average Bonchev–Trinajstić information content (AvgIpc) is 2.35. The fraction of sp³-hybridized carbons (Fsp3) is 0.333. The molecule has 1 aromatic rings. The summed E-state index contributed by atoms with van der Waals surface area (Å²) in [6, 6.07) is 7.27. The van der Waals surface area contributed by atoms with Crippen molar-refractivity contribution in [3.05, 3.63) is 35.9 Å². The monoisotopic (exact) mass is 301 g/mol. The van der Waals surface area contributed by atoms with Crippen LogP contribution in [0, 0.1) is 0 Å². The van der Waals surface area contributed by atoms with Gasteiger partial charge >= 0.3 is 12.1 Å². The first-order valence-corrected chi connectivity index (χ1v) is 7.72. The second kappa shape index (κ2) is 6.90. The molecule has 0 bridgehead atoms. The molecule has 110 valence electrons. The molecule has 20 heavy (non-hydrogen) atoms. The van der Waals surface area contributed by atoms with E-state index in [4.69, 9.17) is 9.84 Å². The highest BCUT2D eigenvalue weighted by Gasteiger charge is 2.25. The molecular formula is C12H15NO6S. The maximum Gasteiger partial charge on any atom is 0.408 e. The summed E-state index contributed by atoms with van der Waals surface area (Å²) in [7, 11) is -3.53. The zero-order valence-electron chi connectivity index (χ0n) is 10.8. The van der Waals surface area contributed by atoms with Crippen LogP contribution in [0.5, 0.6) is 0 Å². The lowest BCUT2D eigenvalue weighted by Crippen LogP contribution is -2.45. The van der Waals surface area contributed by atoms with Gasteiger partial charge in [-0.15, -0.1) is 0 Å². The number of sulfone groups is 1. The van der Waals surface area contributed by atoms with Crippen LogP contribution >= 0.6 is 0 Å². The molecule has 0 spiro atoms. The molecule has 1 amide bonds. The summed E-state index contributed by atoms with van der Waals surface area (Å²) >= 11 is 0. The van der Waals surface area contributed by atoms with Crippen molar-refractivity contribution in [3.8, 4) is 0 Å².